The molecule has 1 N–H and O–H groups in total. The minimum atomic E-state index is -0.713. The van der Waals surface area contributed by atoms with Crippen molar-refractivity contribution in [2.24, 2.45) is 4.99 Å². The molecular weight excluding hydrogens is 450 g/mol. The lowest BCUT2D eigenvalue weighted by atomic mass is 10.1. The summed E-state index contributed by atoms with van der Waals surface area (Å²) in [6.07, 6.45) is 1.90. The van der Waals surface area contributed by atoms with Gasteiger partial charge >= 0.3 is 5.97 Å². The van der Waals surface area contributed by atoms with E-state index in [1.165, 1.54) is 0 Å². The third kappa shape index (κ3) is 6.02. The van der Waals surface area contributed by atoms with E-state index in [0.717, 1.165) is 22.9 Å². The number of carbonyl (C=O) groups is 2. The van der Waals surface area contributed by atoms with Crippen molar-refractivity contribution in [1.29, 1.82) is 0 Å². The minimum absolute atomic E-state index is 0.0900. The van der Waals surface area contributed by atoms with Crippen LogP contribution in [-0.2, 0) is 20.9 Å². The molecule has 0 saturated heterocycles. The Morgan fingerprint density at radius 1 is 1.09 bits per heavy atom. The number of thioether (sulfide) groups is 1. The molecular formula is C24H22ClNO5S. The van der Waals surface area contributed by atoms with Gasteiger partial charge in [-0.2, -0.15) is 0 Å². The van der Waals surface area contributed by atoms with E-state index < -0.39 is 5.97 Å². The molecule has 1 aliphatic rings. The number of amides is 1. The highest BCUT2D eigenvalue weighted by Crippen LogP contribution is 2.39. The molecule has 0 atom stereocenters. The summed E-state index contributed by atoms with van der Waals surface area (Å²) in [5.74, 6) is -0.664. The topological polar surface area (TPSA) is 85.2 Å². The molecule has 0 saturated carbocycles. The number of aliphatic imine (C=N–C) groups is 1. The van der Waals surface area contributed by atoms with Crippen LogP contribution in [0.2, 0.25) is 5.02 Å². The highest BCUT2D eigenvalue weighted by molar-refractivity contribution is 8.18. The number of hydrogen-bond acceptors (Lipinski definition) is 6. The number of hydrogen-bond donors (Lipinski definition) is 1. The average Bonchev–Trinajstić information content (AvgIpc) is 3.08. The normalized spacial score (nSPS) is 16.0. The standard InChI is InChI=1S/C24H22ClNO5S/c1-3-20(27)26-23-21(24(29)30-4-2)22(28)19(32-23)13-15-7-11-18(12-8-15)31-14-16-5-9-17(25)10-6-16/h5-13,28H,3-4,14H2,1-2H3/b19-13-,26-23?. The van der Waals surface area contributed by atoms with Gasteiger partial charge in [0.1, 0.15) is 28.7 Å². The van der Waals surface area contributed by atoms with Crippen LogP contribution in [0.25, 0.3) is 6.08 Å². The molecule has 166 valence electrons. The molecule has 2 aromatic rings. The first-order chi connectivity index (χ1) is 15.4. The fourth-order valence-electron chi connectivity index (χ4n) is 2.74. The summed E-state index contributed by atoms with van der Waals surface area (Å²) in [6, 6.07) is 14.7. The second kappa shape index (κ2) is 11.0. The number of carbonyl (C=O) groups excluding carboxylic acids is 2. The third-order valence-electron chi connectivity index (χ3n) is 4.40. The number of aliphatic hydroxyl groups excluding tert-OH is 1. The lowest BCUT2D eigenvalue weighted by Gasteiger charge is -2.07. The molecule has 0 fully saturated rings. The van der Waals surface area contributed by atoms with Gasteiger partial charge in [-0.05, 0) is 48.4 Å². The maximum absolute atomic E-state index is 12.3. The summed E-state index contributed by atoms with van der Waals surface area (Å²) in [4.78, 5) is 28.4. The zero-order valence-electron chi connectivity index (χ0n) is 17.6. The minimum Gasteiger partial charge on any atom is -0.506 e. The van der Waals surface area contributed by atoms with Crippen LogP contribution in [0.4, 0.5) is 0 Å². The Labute approximate surface area is 195 Å². The van der Waals surface area contributed by atoms with Gasteiger partial charge in [-0.15, -0.1) is 0 Å². The highest BCUT2D eigenvalue weighted by Gasteiger charge is 2.33. The zero-order valence-corrected chi connectivity index (χ0v) is 19.2. The van der Waals surface area contributed by atoms with Crippen molar-refractivity contribution in [2.75, 3.05) is 6.61 Å². The van der Waals surface area contributed by atoms with Crippen molar-refractivity contribution in [3.63, 3.8) is 0 Å². The lowest BCUT2D eigenvalue weighted by Crippen LogP contribution is -2.14. The third-order valence-corrected chi connectivity index (χ3v) is 5.67. The van der Waals surface area contributed by atoms with Gasteiger partial charge in [0.15, 0.2) is 0 Å². The molecule has 0 bridgehead atoms. The van der Waals surface area contributed by atoms with Crippen LogP contribution in [-0.4, -0.2) is 28.6 Å². The van der Waals surface area contributed by atoms with Crippen molar-refractivity contribution in [2.45, 2.75) is 26.9 Å². The Bertz CT molecular complexity index is 1090. The maximum Gasteiger partial charge on any atom is 0.344 e. The monoisotopic (exact) mass is 471 g/mol. The van der Waals surface area contributed by atoms with Crippen LogP contribution in [0.3, 0.4) is 0 Å². The van der Waals surface area contributed by atoms with Gasteiger partial charge in [0, 0.05) is 11.4 Å². The predicted molar refractivity (Wildman–Crippen MR) is 127 cm³/mol. The molecule has 1 amide bonds. The Kier molecular flexibility index (Phi) is 8.14. The first-order valence-electron chi connectivity index (χ1n) is 10.0. The van der Waals surface area contributed by atoms with Crippen LogP contribution in [0, 0.1) is 0 Å². The van der Waals surface area contributed by atoms with Gasteiger partial charge in [-0.1, -0.05) is 54.6 Å². The van der Waals surface area contributed by atoms with E-state index in [2.05, 4.69) is 4.99 Å². The zero-order chi connectivity index (χ0) is 23.1. The highest BCUT2D eigenvalue weighted by atomic mass is 35.5. The molecule has 0 aromatic heterocycles. The molecule has 0 radical (unpaired) electrons. The number of nitrogens with zero attached hydrogens (tertiary/aromatic N) is 1. The SMILES string of the molecule is CCOC(=O)C1=C(O)/C(=C/c2ccc(OCc3ccc(Cl)cc3)cc2)SC1=NC(=O)CC. The first kappa shape index (κ1) is 23.6. The average molecular weight is 472 g/mol. The summed E-state index contributed by atoms with van der Waals surface area (Å²) in [7, 11) is 0. The van der Waals surface area contributed by atoms with E-state index in [1.807, 2.05) is 48.5 Å². The first-order valence-corrected chi connectivity index (χ1v) is 11.2. The van der Waals surface area contributed by atoms with Gasteiger partial charge in [-0.25, -0.2) is 9.79 Å². The molecule has 2 aromatic carbocycles. The number of halogens is 1. The molecule has 0 unspecified atom stereocenters. The second-order valence-electron chi connectivity index (χ2n) is 6.70. The molecule has 1 heterocycles. The number of rotatable bonds is 7. The molecule has 0 spiro atoms. The molecule has 1 aliphatic heterocycles. The molecule has 0 aliphatic carbocycles. The molecule has 8 heteroatoms. The largest absolute Gasteiger partial charge is 0.506 e. The molecule has 3 rings (SSSR count). The summed E-state index contributed by atoms with van der Waals surface area (Å²) >= 11 is 6.95. The number of aliphatic hydroxyl groups is 1. The van der Waals surface area contributed by atoms with Crippen LogP contribution in [0.5, 0.6) is 5.75 Å². The van der Waals surface area contributed by atoms with Gasteiger partial charge in [0.05, 0.1) is 11.5 Å². The van der Waals surface area contributed by atoms with Gasteiger partial charge in [0.25, 0.3) is 0 Å². The smallest absolute Gasteiger partial charge is 0.344 e. The van der Waals surface area contributed by atoms with Crippen molar-refractivity contribution >= 4 is 46.4 Å². The lowest BCUT2D eigenvalue weighted by molar-refractivity contribution is -0.138. The van der Waals surface area contributed by atoms with Crippen molar-refractivity contribution in [3.05, 3.63) is 80.9 Å². The summed E-state index contributed by atoms with van der Waals surface area (Å²) < 4.78 is 10.8. The van der Waals surface area contributed by atoms with Gasteiger partial charge in [-0.3, -0.25) is 4.79 Å². The molecule has 32 heavy (non-hydrogen) atoms. The van der Waals surface area contributed by atoms with Crippen molar-refractivity contribution < 1.29 is 24.2 Å². The maximum atomic E-state index is 12.3. The van der Waals surface area contributed by atoms with E-state index >= 15 is 0 Å². The van der Waals surface area contributed by atoms with E-state index in [4.69, 9.17) is 21.1 Å². The van der Waals surface area contributed by atoms with Gasteiger partial charge < -0.3 is 14.6 Å². The Hall–Kier alpha value is -3.03. The van der Waals surface area contributed by atoms with Crippen molar-refractivity contribution in [1.82, 2.24) is 0 Å². The van der Waals surface area contributed by atoms with Gasteiger partial charge in [0.2, 0.25) is 5.91 Å². The quantitative estimate of drug-likeness (QED) is 0.520. The van der Waals surface area contributed by atoms with Crippen molar-refractivity contribution in [3.8, 4) is 5.75 Å². The summed E-state index contributed by atoms with van der Waals surface area (Å²) in [6.45, 7) is 3.89. The number of benzene rings is 2. The Morgan fingerprint density at radius 2 is 1.78 bits per heavy atom. The second-order valence-corrected chi connectivity index (χ2v) is 8.17. The number of ether oxygens (including phenoxy) is 2. The van der Waals surface area contributed by atoms with Crippen LogP contribution >= 0.6 is 23.4 Å². The Balaban J connectivity index is 1.77. The van der Waals surface area contributed by atoms with Crippen LogP contribution < -0.4 is 4.74 Å². The van der Waals surface area contributed by atoms with E-state index in [-0.39, 0.29) is 35.3 Å². The van der Waals surface area contributed by atoms with E-state index in [0.29, 0.717) is 22.3 Å². The fourth-order valence-corrected chi connectivity index (χ4v) is 3.90. The predicted octanol–water partition coefficient (Wildman–Crippen LogP) is 5.72. The Morgan fingerprint density at radius 3 is 2.41 bits per heavy atom. The fraction of sp³-hybridized carbons (Fsp3) is 0.208. The van der Waals surface area contributed by atoms with Crippen LogP contribution in [0.1, 0.15) is 31.4 Å². The van der Waals surface area contributed by atoms with Crippen LogP contribution in [0.15, 0.2) is 69.8 Å². The molecule has 6 nitrogen and oxygen atoms in total. The summed E-state index contributed by atoms with van der Waals surface area (Å²) in [5, 5.41) is 11.4. The van der Waals surface area contributed by atoms with E-state index in [9.17, 15) is 14.7 Å². The van der Waals surface area contributed by atoms with E-state index in [1.54, 1.807) is 19.9 Å². The number of esters is 1. The summed E-state index contributed by atoms with van der Waals surface area (Å²) in [5.41, 5.74) is 1.69.